The smallest absolute Gasteiger partial charge is 0.333 e. The largest absolute Gasteiger partial charge is 0.447 e. The van der Waals surface area contributed by atoms with Crippen molar-refractivity contribution < 1.29 is 22.7 Å². The van der Waals surface area contributed by atoms with Gasteiger partial charge in [-0.2, -0.15) is 8.42 Å². The Balaban J connectivity index is 1.39. The van der Waals surface area contributed by atoms with E-state index in [2.05, 4.69) is 30.0 Å². The molecule has 3 N–H and O–H groups in total. The van der Waals surface area contributed by atoms with Gasteiger partial charge in [0.25, 0.3) is 10.0 Å². The fourth-order valence-corrected chi connectivity index (χ4v) is 6.70. The van der Waals surface area contributed by atoms with Crippen molar-refractivity contribution in [3.63, 3.8) is 0 Å². The van der Waals surface area contributed by atoms with Gasteiger partial charge in [0.1, 0.15) is 5.76 Å². The first-order valence-electron chi connectivity index (χ1n) is 11.9. The Hall–Kier alpha value is -2.32. The summed E-state index contributed by atoms with van der Waals surface area (Å²) in [6, 6.07) is 2.83. The lowest BCUT2D eigenvalue weighted by Crippen LogP contribution is -2.35. The molecule has 5 rings (SSSR count). The van der Waals surface area contributed by atoms with E-state index in [1.807, 2.05) is 0 Å². The number of urea groups is 1. The third kappa shape index (κ3) is 3.97. The fraction of sp³-hybridized carbons (Fsp3) is 0.560. The van der Waals surface area contributed by atoms with Crippen LogP contribution in [0.25, 0.3) is 0 Å². The van der Waals surface area contributed by atoms with E-state index in [1.54, 1.807) is 6.92 Å². The van der Waals surface area contributed by atoms with Crippen LogP contribution in [-0.4, -0.2) is 19.6 Å². The Labute approximate surface area is 195 Å². The molecule has 3 aliphatic carbocycles. The molecule has 8 heteroatoms. The summed E-state index contributed by atoms with van der Waals surface area (Å²) in [7, 11) is -4.23. The molecule has 2 aromatic rings. The number of nitrogens with one attached hydrogen (secondary N) is 2. The molecule has 1 aromatic carbocycles. The van der Waals surface area contributed by atoms with Crippen LogP contribution in [0.4, 0.5) is 10.5 Å². The number of rotatable bonds is 4. The summed E-state index contributed by atoms with van der Waals surface area (Å²) in [6.45, 7) is 5.84. The zero-order valence-electron chi connectivity index (χ0n) is 19.5. The molecule has 33 heavy (non-hydrogen) atoms. The van der Waals surface area contributed by atoms with Crippen molar-refractivity contribution in [2.45, 2.75) is 82.8 Å². The molecule has 0 radical (unpaired) electrons. The molecule has 0 bridgehead atoms. The van der Waals surface area contributed by atoms with Crippen LogP contribution in [0.15, 0.2) is 21.6 Å². The molecule has 1 heterocycles. The van der Waals surface area contributed by atoms with E-state index in [9.17, 15) is 18.3 Å². The molecule has 0 aliphatic heterocycles. The number of sulfonamides is 1. The Morgan fingerprint density at radius 3 is 2.36 bits per heavy atom. The first-order valence-corrected chi connectivity index (χ1v) is 13.4. The second-order valence-electron chi connectivity index (χ2n) is 10.4. The summed E-state index contributed by atoms with van der Waals surface area (Å²) in [5.74, 6) is 0.991. The molecule has 2 amide bonds. The Morgan fingerprint density at radius 1 is 1.12 bits per heavy atom. The van der Waals surface area contributed by atoms with Crippen molar-refractivity contribution in [2.75, 3.05) is 5.32 Å². The number of carbonyl (C=O) groups excluding carboxylic acids is 1. The Morgan fingerprint density at radius 2 is 1.76 bits per heavy atom. The van der Waals surface area contributed by atoms with Gasteiger partial charge in [0.05, 0.1) is 5.60 Å². The molecule has 0 saturated carbocycles. The van der Waals surface area contributed by atoms with Gasteiger partial charge in [-0.3, -0.25) is 0 Å². The first-order chi connectivity index (χ1) is 15.5. The molecular weight excluding hydrogens is 440 g/mol. The summed E-state index contributed by atoms with van der Waals surface area (Å²) in [5.41, 5.74) is 4.88. The van der Waals surface area contributed by atoms with E-state index in [-0.39, 0.29) is 11.0 Å². The lowest BCUT2D eigenvalue weighted by molar-refractivity contribution is 0.00857. The maximum absolute atomic E-state index is 13.0. The van der Waals surface area contributed by atoms with Gasteiger partial charge in [0, 0.05) is 23.7 Å². The normalized spacial score (nSPS) is 23.8. The molecule has 3 aliphatic rings. The minimum Gasteiger partial charge on any atom is -0.447 e. The number of aliphatic hydroxyl groups is 1. The minimum atomic E-state index is -4.23. The third-order valence-electron chi connectivity index (χ3n) is 7.62. The van der Waals surface area contributed by atoms with Crippen molar-refractivity contribution in [1.29, 1.82) is 0 Å². The molecule has 2 atom stereocenters. The highest BCUT2D eigenvalue weighted by Crippen LogP contribution is 2.43. The summed E-state index contributed by atoms with van der Waals surface area (Å²) in [5, 5.41) is 13.4. The van der Waals surface area contributed by atoms with E-state index in [4.69, 9.17) is 4.42 Å². The number of anilines is 1. The van der Waals surface area contributed by atoms with Crippen LogP contribution >= 0.6 is 0 Å². The number of benzene rings is 1. The Bertz CT molecular complexity index is 1190. The average molecular weight is 473 g/mol. The minimum absolute atomic E-state index is 0.188. The number of hydrogen-bond acceptors (Lipinski definition) is 5. The lowest BCUT2D eigenvalue weighted by atomic mass is 9.74. The summed E-state index contributed by atoms with van der Waals surface area (Å²) < 4.78 is 33.8. The van der Waals surface area contributed by atoms with Crippen LogP contribution in [0.3, 0.4) is 0 Å². The average Bonchev–Trinajstić information content (AvgIpc) is 3.45. The molecule has 2 unspecified atom stereocenters. The van der Waals surface area contributed by atoms with Crippen molar-refractivity contribution >= 4 is 21.7 Å². The predicted molar refractivity (Wildman–Crippen MR) is 125 cm³/mol. The molecule has 1 aromatic heterocycles. The van der Waals surface area contributed by atoms with Crippen LogP contribution in [-0.2, 0) is 47.7 Å². The van der Waals surface area contributed by atoms with Gasteiger partial charge in [0.15, 0.2) is 0 Å². The Kier molecular flexibility index (Phi) is 5.36. The van der Waals surface area contributed by atoms with Crippen molar-refractivity contribution in [3.8, 4) is 0 Å². The molecule has 0 fully saturated rings. The fourth-order valence-electron chi connectivity index (χ4n) is 5.82. The monoisotopic (exact) mass is 472 g/mol. The van der Waals surface area contributed by atoms with Crippen molar-refractivity contribution in [2.24, 2.45) is 11.8 Å². The van der Waals surface area contributed by atoms with Crippen molar-refractivity contribution in [3.05, 3.63) is 45.7 Å². The highest BCUT2D eigenvalue weighted by molar-refractivity contribution is 7.89. The maximum Gasteiger partial charge on any atom is 0.333 e. The summed E-state index contributed by atoms with van der Waals surface area (Å²) in [4.78, 5) is 12.8. The standard InChI is InChI=1S/C25H32N2O5S/c1-14(2)17-11-21-20(25(3,29)13-17)12-22(32-21)33(30,31)27-24(28)26-23-18-8-4-6-15(18)10-16-7-5-9-19(16)23/h10,12,14,17,29H,4-9,11,13H2,1-3H3,(H2,26,27,28). The molecule has 178 valence electrons. The first kappa shape index (κ1) is 22.5. The van der Waals surface area contributed by atoms with E-state index in [0.29, 0.717) is 30.1 Å². The van der Waals surface area contributed by atoms with Crippen LogP contribution in [0.1, 0.15) is 73.6 Å². The van der Waals surface area contributed by atoms with Crippen LogP contribution in [0.2, 0.25) is 0 Å². The van der Waals surface area contributed by atoms with E-state index in [1.165, 1.54) is 17.2 Å². The second-order valence-corrected chi connectivity index (χ2v) is 12.0. The molecule has 0 saturated heterocycles. The zero-order chi connectivity index (χ0) is 23.5. The summed E-state index contributed by atoms with van der Waals surface area (Å²) >= 11 is 0. The molecular formula is C25H32N2O5S. The quantitative estimate of drug-likeness (QED) is 0.618. The number of amides is 2. The third-order valence-corrected chi connectivity index (χ3v) is 8.81. The van der Waals surface area contributed by atoms with Gasteiger partial charge in [-0.05, 0) is 86.0 Å². The van der Waals surface area contributed by atoms with E-state index < -0.39 is 21.7 Å². The molecule has 7 nitrogen and oxygen atoms in total. The maximum atomic E-state index is 13.0. The summed E-state index contributed by atoms with van der Waals surface area (Å²) in [6.07, 6.45) is 6.95. The van der Waals surface area contributed by atoms with Crippen LogP contribution in [0.5, 0.6) is 0 Å². The van der Waals surface area contributed by atoms with Gasteiger partial charge < -0.3 is 14.8 Å². The zero-order valence-corrected chi connectivity index (χ0v) is 20.3. The lowest BCUT2D eigenvalue weighted by Gasteiger charge is -2.35. The van der Waals surface area contributed by atoms with Crippen LogP contribution in [0, 0.1) is 11.8 Å². The second kappa shape index (κ2) is 7.87. The van der Waals surface area contributed by atoms with Crippen molar-refractivity contribution in [1.82, 2.24) is 4.72 Å². The van der Waals surface area contributed by atoms with Gasteiger partial charge in [-0.15, -0.1) is 0 Å². The number of fused-ring (bicyclic) bond motifs is 3. The van der Waals surface area contributed by atoms with E-state index in [0.717, 1.165) is 55.3 Å². The van der Waals surface area contributed by atoms with E-state index >= 15 is 0 Å². The highest BCUT2D eigenvalue weighted by atomic mass is 32.2. The highest BCUT2D eigenvalue weighted by Gasteiger charge is 2.40. The van der Waals surface area contributed by atoms with Gasteiger partial charge in [0.2, 0.25) is 5.09 Å². The molecule has 0 spiro atoms. The predicted octanol–water partition coefficient (Wildman–Crippen LogP) is 4.19. The van der Waals surface area contributed by atoms with Gasteiger partial charge in [-0.1, -0.05) is 19.9 Å². The topological polar surface area (TPSA) is 109 Å². The SMILES string of the molecule is CC(C)C1Cc2oc(S(=O)(=O)NC(=O)Nc3c4c(cc5c3CCC5)CCC4)cc2C(C)(O)C1. The number of aryl methyl sites for hydroxylation is 2. The number of furan rings is 1. The number of hydrogen-bond donors (Lipinski definition) is 3. The van der Waals surface area contributed by atoms with Gasteiger partial charge >= 0.3 is 6.03 Å². The van der Waals surface area contributed by atoms with Gasteiger partial charge in [-0.25, -0.2) is 9.52 Å². The van der Waals surface area contributed by atoms with Crippen LogP contribution < -0.4 is 10.0 Å². The number of carbonyl (C=O) groups is 1.